The molecular weight excluding hydrogens is 336 g/mol. The van der Waals surface area contributed by atoms with E-state index in [4.69, 9.17) is 19.0 Å². The fraction of sp³-hybridized carbons (Fsp3) is 0.526. The molecule has 0 amide bonds. The average molecular weight is 360 g/mol. The molecule has 1 aliphatic heterocycles. The zero-order valence-corrected chi connectivity index (χ0v) is 15.1. The third-order valence-electron chi connectivity index (χ3n) is 4.65. The van der Waals surface area contributed by atoms with Gasteiger partial charge in [0.05, 0.1) is 24.5 Å². The predicted molar refractivity (Wildman–Crippen MR) is 93.5 cm³/mol. The fourth-order valence-electron chi connectivity index (χ4n) is 2.93. The summed E-state index contributed by atoms with van der Waals surface area (Å²) in [7, 11) is 0. The largest absolute Gasteiger partial charge is 0.477 e. The molecule has 2 aromatic rings. The monoisotopic (exact) mass is 360 g/mol. The molecule has 3 heterocycles. The topological polar surface area (TPSA) is 94.7 Å². The van der Waals surface area contributed by atoms with Crippen molar-refractivity contribution in [2.24, 2.45) is 5.92 Å². The molecule has 1 aliphatic rings. The van der Waals surface area contributed by atoms with Gasteiger partial charge in [-0.1, -0.05) is 6.42 Å². The molecule has 0 atom stereocenters. The summed E-state index contributed by atoms with van der Waals surface area (Å²) in [6.45, 7) is 4.20. The number of aliphatic carboxylic acids is 1. The Bertz CT molecular complexity index is 736. The molecule has 0 unspecified atom stereocenters. The van der Waals surface area contributed by atoms with E-state index >= 15 is 0 Å². The minimum Gasteiger partial charge on any atom is -0.477 e. The maximum Gasteiger partial charge on any atom is 0.364 e. The molecule has 7 nitrogen and oxygen atoms in total. The molecule has 7 heteroatoms. The first kappa shape index (κ1) is 18.5. The molecule has 0 saturated carbocycles. The molecule has 0 bridgehead atoms. The average Bonchev–Trinajstić information content (AvgIpc) is 3.02. The highest BCUT2D eigenvalue weighted by Gasteiger charge is 2.40. The third-order valence-corrected chi connectivity index (χ3v) is 4.65. The number of carboxylic acid groups (broad SMARTS) is 1. The Hall–Kier alpha value is -2.25. The third kappa shape index (κ3) is 4.28. The molecule has 1 fully saturated rings. The van der Waals surface area contributed by atoms with Crippen LogP contribution in [0.1, 0.15) is 37.6 Å². The minimum atomic E-state index is -1.50. The zero-order chi connectivity index (χ0) is 18.6. The van der Waals surface area contributed by atoms with Gasteiger partial charge in [-0.15, -0.1) is 0 Å². The lowest BCUT2D eigenvalue weighted by atomic mass is 10.0. The maximum atomic E-state index is 11.1. The molecule has 0 aliphatic carbocycles. The summed E-state index contributed by atoms with van der Waals surface area (Å²) < 4.78 is 16.5. The van der Waals surface area contributed by atoms with Crippen molar-refractivity contribution in [3.8, 4) is 11.5 Å². The van der Waals surface area contributed by atoms with Crippen LogP contribution in [-0.4, -0.2) is 40.0 Å². The van der Waals surface area contributed by atoms with Crippen LogP contribution < -0.4 is 0 Å². The quantitative estimate of drug-likeness (QED) is 0.758. The summed E-state index contributed by atoms with van der Waals surface area (Å²) in [4.78, 5) is 19.7. The van der Waals surface area contributed by atoms with E-state index in [1.165, 1.54) is 6.92 Å². The Morgan fingerprint density at radius 2 is 2.12 bits per heavy atom. The smallest absolute Gasteiger partial charge is 0.364 e. The highest BCUT2D eigenvalue weighted by molar-refractivity contribution is 5.75. The van der Waals surface area contributed by atoms with Crippen LogP contribution in [0.4, 0.5) is 0 Å². The molecule has 26 heavy (non-hydrogen) atoms. The lowest BCUT2D eigenvalue weighted by molar-refractivity contribution is -0.271. The van der Waals surface area contributed by atoms with Gasteiger partial charge >= 0.3 is 5.97 Å². The van der Waals surface area contributed by atoms with Crippen molar-refractivity contribution in [1.29, 1.82) is 0 Å². The summed E-state index contributed by atoms with van der Waals surface area (Å²) in [5, 5.41) is 9.06. The van der Waals surface area contributed by atoms with Crippen molar-refractivity contribution in [3.63, 3.8) is 0 Å². The van der Waals surface area contributed by atoms with E-state index in [1.54, 1.807) is 12.4 Å². The van der Waals surface area contributed by atoms with Crippen molar-refractivity contribution in [3.05, 3.63) is 36.0 Å². The molecule has 0 aromatic carbocycles. The summed E-state index contributed by atoms with van der Waals surface area (Å²) in [5.41, 5.74) is 1.85. The molecule has 0 radical (unpaired) electrons. The Kier molecular flexibility index (Phi) is 5.68. The van der Waals surface area contributed by atoms with Crippen LogP contribution in [0.2, 0.25) is 0 Å². The van der Waals surface area contributed by atoms with Gasteiger partial charge in [0.2, 0.25) is 5.89 Å². The van der Waals surface area contributed by atoms with Gasteiger partial charge < -0.3 is 19.0 Å². The van der Waals surface area contributed by atoms with E-state index in [-0.39, 0.29) is 5.92 Å². The van der Waals surface area contributed by atoms with Crippen molar-refractivity contribution < 1.29 is 23.8 Å². The van der Waals surface area contributed by atoms with Crippen molar-refractivity contribution in [2.45, 2.75) is 45.3 Å². The van der Waals surface area contributed by atoms with Gasteiger partial charge in [-0.05, 0) is 38.3 Å². The Morgan fingerprint density at radius 1 is 1.35 bits per heavy atom. The van der Waals surface area contributed by atoms with E-state index in [9.17, 15) is 4.79 Å². The second-order valence-electron chi connectivity index (χ2n) is 6.75. The molecule has 0 spiro atoms. The lowest BCUT2D eigenvalue weighted by Gasteiger charge is -2.34. The van der Waals surface area contributed by atoms with Gasteiger partial charge in [0.25, 0.3) is 5.79 Å². The van der Waals surface area contributed by atoms with E-state index in [2.05, 4.69) is 9.97 Å². The summed E-state index contributed by atoms with van der Waals surface area (Å²) >= 11 is 0. The van der Waals surface area contributed by atoms with Crippen LogP contribution in [0.5, 0.6) is 0 Å². The Labute approximate surface area is 152 Å². The number of pyridine rings is 1. The molecule has 1 N–H and O–H groups in total. The number of unbranched alkanes of at least 4 members (excludes halogenated alkanes) is 1. The van der Waals surface area contributed by atoms with Crippen LogP contribution in [0, 0.1) is 12.8 Å². The lowest BCUT2D eigenvalue weighted by Crippen LogP contribution is -2.47. The number of oxazole rings is 1. The number of hydrogen-bond donors (Lipinski definition) is 1. The van der Waals surface area contributed by atoms with E-state index < -0.39 is 11.8 Å². The van der Waals surface area contributed by atoms with Gasteiger partial charge in [0, 0.05) is 25.2 Å². The number of rotatable bonds is 7. The number of aryl methyl sites for hydroxylation is 2. The summed E-state index contributed by atoms with van der Waals surface area (Å²) in [5.74, 6) is -0.913. The van der Waals surface area contributed by atoms with Crippen LogP contribution in [-0.2, 0) is 20.7 Å². The van der Waals surface area contributed by atoms with Gasteiger partial charge in [0.1, 0.15) is 5.76 Å². The van der Waals surface area contributed by atoms with Gasteiger partial charge in [-0.3, -0.25) is 4.98 Å². The van der Waals surface area contributed by atoms with E-state index in [1.807, 2.05) is 19.1 Å². The highest BCUT2D eigenvalue weighted by Crippen LogP contribution is 2.26. The maximum absolute atomic E-state index is 11.1. The van der Waals surface area contributed by atoms with Crippen LogP contribution >= 0.6 is 0 Å². The minimum absolute atomic E-state index is 0.229. The molecular formula is C19H24N2O5. The Morgan fingerprint density at radius 3 is 2.77 bits per heavy atom. The Balaban J connectivity index is 1.43. The molecule has 3 rings (SSSR count). The first-order chi connectivity index (χ1) is 12.5. The van der Waals surface area contributed by atoms with Crippen molar-refractivity contribution in [1.82, 2.24) is 9.97 Å². The molecule has 1 saturated heterocycles. The SMILES string of the molecule is Cc1oc(-c2cccnc2)nc1CCCC[C@H]1CO[C@@](C)(C(=O)O)OC1. The number of carboxylic acids is 1. The second kappa shape index (κ2) is 7.97. The predicted octanol–water partition coefficient (Wildman–Crippen LogP) is 3.22. The number of ether oxygens (including phenoxy) is 2. The highest BCUT2D eigenvalue weighted by atomic mass is 16.7. The first-order valence-corrected chi connectivity index (χ1v) is 8.86. The van der Waals surface area contributed by atoms with Crippen LogP contribution in [0.15, 0.2) is 28.9 Å². The van der Waals surface area contributed by atoms with Crippen LogP contribution in [0.25, 0.3) is 11.5 Å². The van der Waals surface area contributed by atoms with E-state index in [0.29, 0.717) is 19.1 Å². The summed E-state index contributed by atoms with van der Waals surface area (Å²) in [6, 6.07) is 3.79. The van der Waals surface area contributed by atoms with Gasteiger partial charge in [-0.2, -0.15) is 0 Å². The zero-order valence-electron chi connectivity index (χ0n) is 15.1. The van der Waals surface area contributed by atoms with Crippen LogP contribution in [0.3, 0.4) is 0 Å². The van der Waals surface area contributed by atoms with Crippen molar-refractivity contribution in [2.75, 3.05) is 13.2 Å². The second-order valence-corrected chi connectivity index (χ2v) is 6.75. The number of nitrogens with zero attached hydrogens (tertiary/aromatic N) is 2. The fourth-order valence-corrected chi connectivity index (χ4v) is 2.93. The number of carbonyl (C=O) groups is 1. The van der Waals surface area contributed by atoms with Crippen molar-refractivity contribution >= 4 is 5.97 Å². The number of hydrogen-bond acceptors (Lipinski definition) is 6. The first-order valence-electron chi connectivity index (χ1n) is 8.86. The summed E-state index contributed by atoms with van der Waals surface area (Å²) in [6.07, 6.45) is 7.21. The molecule has 140 valence electrons. The molecule has 2 aromatic heterocycles. The van der Waals surface area contributed by atoms with Gasteiger partial charge in [0.15, 0.2) is 0 Å². The normalized spacial score (nSPS) is 23.1. The van der Waals surface area contributed by atoms with E-state index in [0.717, 1.165) is 42.7 Å². The number of aromatic nitrogens is 2. The standard InChI is InChI=1S/C19H24N2O5/c1-13-16(21-17(26-13)15-7-5-9-20-10-15)8-4-3-6-14-11-24-19(2,18(22)23)25-12-14/h5,7,9-10,14H,3-4,6,8,11-12H2,1-2H3,(H,22,23)/t14-,19+. The van der Waals surface area contributed by atoms with Gasteiger partial charge in [-0.25, -0.2) is 9.78 Å².